The number of fused-ring (bicyclic) bond motifs is 1. The van der Waals surface area contributed by atoms with Crippen LogP contribution in [0.5, 0.6) is 0 Å². The first-order valence-corrected chi connectivity index (χ1v) is 14.2. The highest BCUT2D eigenvalue weighted by atomic mass is 16.2. The van der Waals surface area contributed by atoms with E-state index in [0.29, 0.717) is 6.54 Å². The Hall–Kier alpha value is -3.00. The molecule has 0 radical (unpaired) electrons. The van der Waals surface area contributed by atoms with Crippen LogP contribution in [-0.4, -0.2) is 81.0 Å². The molecule has 8 heteroatoms. The molecule has 2 aromatic heterocycles. The quantitative estimate of drug-likeness (QED) is 0.484. The van der Waals surface area contributed by atoms with E-state index in [1.54, 1.807) is 0 Å². The number of piperazine rings is 1. The lowest BCUT2D eigenvalue weighted by Gasteiger charge is -2.35. The zero-order valence-corrected chi connectivity index (χ0v) is 24.0. The topological polar surface area (TPSA) is 70.4 Å². The van der Waals surface area contributed by atoms with E-state index in [1.165, 1.54) is 16.7 Å². The summed E-state index contributed by atoms with van der Waals surface area (Å²) in [6, 6.07) is 7.09. The normalized spacial score (nSPS) is 17.2. The Morgan fingerprint density at radius 3 is 2.37 bits per heavy atom. The maximum atomic E-state index is 12.6. The van der Waals surface area contributed by atoms with E-state index in [1.807, 2.05) is 11.2 Å². The molecule has 0 saturated carbocycles. The molecule has 0 spiro atoms. The Kier molecular flexibility index (Phi) is 7.45. The zero-order valence-electron chi connectivity index (χ0n) is 24.0. The first-order chi connectivity index (χ1) is 18.1. The van der Waals surface area contributed by atoms with E-state index in [4.69, 9.17) is 15.0 Å². The Bertz CT molecular complexity index is 1290. The number of rotatable bonds is 6. The van der Waals surface area contributed by atoms with Crippen molar-refractivity contribution in [2.75, 3.05) is 50.7 Å². The molecule has 3 aromatic rings. The fourth-order valence-electron chi connectivity index (χ4n) is 5.53. The minimum Gasteiger partial charge on any atom is -0.342 e. The molecule has 204 valence electrons. The van der Waals surface area contributed by atoms with Crippen LogP contribution >= 0.6 is 0 Å². The van der Waals surface area contributed by atoms with Gasteiger partial charge in [-0.2, -0.15) is 4.98 Å². The van der Waals surface area contributed by atoms with Gasteiger partial charge in [0.25, 0.3) is 0 Å². The highest BCUT2D eigenvalue weighted by molar-refractivity contribution is 5.78. The van der Waals surface area contributed by atoms with Gasteiger partial charge in [-0.25, -0.2) is 9.97 Å². The lowest BCUT2D eigenvalue weighted by atomic mass is 9.84. The molecule has 2 fully saturated rings. The molecule has 0 aliphatic carbocycles. The summed E-state index contributed by atoms with van der Waals surface area (Å²) in [7, 11) is 0. The second-order valence-electron chi connectivity index (χ2n) is 12.3. The van der Waals surface area contributed by atoms with Gasteiger partial charge in [0.2, 0.25) is 11.9 Å². The summed E-state index contributed by atoms with van der Waals surface area (Å²) in [6.45, 7) is 18.9. The molecule has 2 saturated heterocycles. The molecule has 1 aromatic carbocycles. The summed E-state index contributed by atoms with van der Waals surface area (Å²) in [6.07, 6.45) is 4.91. The van der Waals surface area contributed by atoms with E-state index < -0.39 is 0 Å². The average Bonchev–Trinajstić information content (AvgIpc) is 3.56. The Morgan fingerprint density at radius 1 is 1.00 bits per heavy atom. The zero-order chi connectivity index (χ0) is 27.0. The first kappa shape index (κ1) is 26.6. The number of likely N-dealkylation sites (tertiary alicyclic amines) is 1. The second kappa shape index (κ2) is 10.6. The van der Waals surface area contributed by atoms with Crippen LogP contribution in [0.3, 0.4) is 0 Å². The molecule has 38 heavy (non-hydrogen) atoms. The van der Waals surface area contributed by atoms with E-state index in [2.05, 4.69) is 74.1 Å². The second-order valence-corrected chi connectivity index (χ2v) is 12.3. The van der Waals surface area contributed by atoms with Gasteiger partial charge in [0, 0.05) is 51.7 Å². The van der Waals surface area contributed by atoms with Crippen LogP contribution in [0.4, 0.5) is 5.95 Å². The van der Waals surface area contributed by atoms with Gasteiger partial charge in [-0.3, -0.25) is 9.69 Å². The molecular formula is C30H43N7O. The average molecular weight is 518 g/mol. The predicted molar refractivity (Wildman–Crippen MR) is 153 cm³/mol. The van der Waals surface area contributed by atoms with E-state index in [0.717, 1.165) is 81.3 Å². The summed E-state index contributed by atoms with van der Waals surface area (Å²) in [5, 5.41) is 0. The van der Waals surface area contributed by atoms with Gasteiger partial charge >= 0.3 is 0 Å². The third-order valence-electron chi connectivity index (χ3n) is 8.09. The molecular weight excluding hydrogens is 474 g/mol. The molecule has 0 atom stereocenters. The van der Waals surface area contributed by atoms with Gasteiger partial charge in [-0.15, -0.1) is 0 Å². The van der Waals surface area contributed by atoms with Crippen molar-refractivity contribution in [1.29, 1.82) is 0 Å². The smallest absolute Gasteiger partial charge is 0.236 e. The molecule has 2 aliphatic heterocycles. The minimum absolute atomic E-state index is 0.0874. The van der Waals surface area contributed by atoms with E-state index in [9.17, 15) is 4.79 Å². The number of hydrogen-bond acceptors (Lipinski definition) is 6. The van der Waals surface area contributed by atoms with Crippen molar-refractivity contribution in [3.63, 3.8) is 0 Å². The van der Waals surface area contributed by atoms with E-state index >= 15 is 0 Å². The van der Waals surface area contributed by atoms with Crippen molar-refractivity contribution in [3.05, 3.63) is 46.9 Å². The Balaban J connectivity index is 1.40. The standard InChI is InChI=1S/C30H43N7O/c1-21(2)37-20-31-28-27(37)25(18-23-17-24(30(4,5)6)10-9-22(23)3)32-29(33-28)36-15-13-34(14-16-36)19-26(38)35-11-7-8-12-35/h9-10,17,20-21H,7-8,11-16,18-19H2,1-6H3. The predicted octanol–water partition coefficient (Wildman–Crippen LogP) is 4.35. The van der Waals surface area contributed by atoms with Crippen LogP contribution in [0.25, 0.3) is 11.2 Å². The number of nitrogens with zero attached hydrogens (tertiary/aromatic N) is 7. The molecule has 0 bridgehead atoms. The number of carbonyl (C=O) groups excluding carboxylic acids is 1. The van der Waals surface area contributed by atoms with Crippen LogP contribution in [0.2, 0.25) is 0 Å². The van der Waals surface area contributed by atoms with Crippen molar-refractivity contribution in [3.8, 4) is 0 Å². The molecule has 8 nitrogen and oxygen atoms in total. The summed E-state index contributed by atoms with van der Waals surface area (Å²) < 4.78 is 2.19. The van der Waals surface area contributed by atoms with Crippen LogP contribution in [0, 0.1) is 6.92 Å². The van der Waals surface area contributed by atoms with Crippen molar-refractivity contribution < 1.29 is 4.79 Å². The maximum Gasteiger partial charge on any atom is 0.236 e. The Labute approximate surface area is 227 Å². The van der Waals surface area contributed by atoms with Crippen molar-refractivity contribution in [2.24, 2.45) is 0 Å². The number of imidazole rings is 1. The number of aromatic nitrogens is 4. The van der Waals surface area contributed by atoms with Gasteiger partial charge in [0.05, 0.1) is 18.6 Å². The molecule has 1 amide bonds. The van der Waals surface area contributed by atoms with Crippen molar-refractivity contribution in [2.45, 2.75) is 72.3 Å². The summed E-state index contributed by atoms with van der Waals surface area (Å²) in [5.41, 5.74) is 6.81. The lowest BCUT2D eigenvalue weighted by molar-refractivity contribution is -0.131. The summed E-state index contributed by atoms with van der Waals surface area (Å²) in [4.78, 5) is 34.0. The summed E-state index contributed by atoms with van der Waals surface area (Å²) in [5.74, 6) is 1.01. The van der Waals surface area contributed by atoms with Crippen LogP contribution < -0.4 is 4.90 Å². The molecule has 4 heterocycles. The SMILES string of the molecule is Cc1ccc(C(C)(C)C)cc1Cc1nc(N2CCN(CC(=O)N3CCCC3)CC2)nc2ncn(C(C)C)c12. The molecule has 0 unspecified atom stereocenters. The van der Waals surface area contributed by atoms with Crippen LogP contribution in [0.1, 0.15) is 75.9 Å². The maximum absolute atomic E-state index is 12.6. The lowest BCUT2D eigenvalue weighted by Crippen LogP contribution is -2.50. The highest BCUT2D eigenvalue weighted by Gasteiger charge is 2.26. The van der Waals surface area contributed by atoms with Gasteiger partial charge in [-0.05, 0) is 55.7 Å². The number of benzene rings is 1. The Morgan fingerprint density at radius 2 is 1.71 bits per heavy atom. The van der Waals surface area contributed by atoms with Crippen molar-refractivity contribution >= 4 is 23.0 Å². The van der Waals surface area contributed by atoms with Gasteiger partial charge in [0.15, 0.2) is 5.65 Å². The molecule has 5 rings (SSSR count). The van der Waals surface area contributed by atoms with Crippen LogP contribution in [-0.2, 0) is 16.6 Å². The number of carbonyl (C=O) groups is 1. The third kappa shape index (κ3) is 5.55. The van der Waals surface area contributed by atoms with Crippen LogP contribution in [0.15, 0.2) is 24.5 Å². The fraction of sp³-hybridized carbons (Fsp3) is 0.600. The number of amides is 1. The highest BCUT2D eigenvalue weighted by Crippen LogP contribution is 2.29. The number of anilines is 1. The minimum atomic E-state index is 0.0874. The van der Waals surface area contributed by atoms with E-state index in [-0.39, 0.29) is 17.4 Å². The van der Waals surface area contributed by atoms with Crippen molar-refractivity contribution in [1.82, 2.24) is 29.3 Å². The monoisotopic (exact) mass is 517 g/mol. The fourth-order valence-corrected chi connectivity index (χ4v) is 5.53. The van der Waals surface area contributed by atoms with Gasteiger partial charge < -0.3 is 14.4 Å². The molecule has 0 N–H and O–H groups in total. The number of aryl methyl sites for hydroxylation is 1. The summed E-state index contributed by atoms with van der Waals surface area (Å²) >= 11 is 0. The number of hydrogen-bond donors (Lipinski definition) is 0. The van der Waals surface area contributed by atoms with Gasteiger partial charge in [0.1, 0.15) is 5.52 Å². The molecule has 2 aliphatic rings. The first-order valence-electron chi connectivity index (χ1n) is 14.2. The largest absolute Gasteiger partial charge is 0.342 e. The van der Waals surface area contributed by atoms with Gasteiger partial charge in [-0.1, -0.05) is 39.0 Å². The third-order valence-corrected chi connectivity index (χ3v) is 8.09.